The van der Waals surface area contributed by atoms with E-state index < -0.39 is 30.6 Å². The molecule has 0 aliphatic carbocycles. The van der Waals surface area contributed by atoms with Gasteiger partial charge in [-0.15, -0.1) is 0 Å². The highest BCUT2D eigenvalue weighted by atomic mass is 79.9. The summed E-state index contributed by atoms with van der Waals surface area (Å²) in [6, 6.07) is -1.08. The van der Waals surface area contributed by atoms with E-state index in [1.165, 1.54) is 0 Å². The molecule has 1 heterocycles. The van der Waals surface area contributed by atoms with Crippen molar-refractivity contribution in [3.05, 3.63) is 28.2 Å². The normalized spacial score (nSPS) is 19.1. The lowest BCUT2D eigenvalue weighted by atomic mass is 10.4. The van der Waals surface area contributed by atoms with Crippen LogP contribution in [-0.2, 0) is 0 Å². The number of hydrogen-bond donors (Lipinski definition) is 0. The summed E-state index contributed by atoms with van der Waals surface area (Å²) in [4.78, 5) is 3.07. The third-order valence-corrected chi connectivity index (χ3v) is 1.05. The number of aromatic nitrogens is 1. The smallest absolute Gasteiger partial charge is 0.214 e. The van der Waals surface area contributed by atoms with Crippen LogP contribution in [0.2, 0.25) is 0 Å². The SMILES string of the molecule is [2H]c1c(F)nc(C([2H])([2H])[2H])c([2H])c1Br. The summed E-state index contributed by atoms with van der Waals surface area (Å²) in [5.74, 6) is -1.20. The van der Waals surface area contributed by atoms with Crippen molar-refractivity contribution in [3.63, 3.8) is 0 Å². The molecule has 3 heteroatoms. The molecule has 0 atom stereocenters. The van der Waals surface area contributed by atoms with Gasteiger partial charge in [-0.2, -0.15) is 4.39 Å². The average Bonchev–Trinajstić information content (AvgIpc) is 2.06. The van der Waals surface area contributed by atoms with E-state index in [4.69, 9.17) is 6.85 Å². The van der Waals surface area contributed by atoms with E-state index in [2.05, 4.69) is 20.9 Å². The number of halogens is 2. The molecule has 0 fully saturated rings. The maximum Gasteiger partial charge on any atom is 0.214 e. The highest BCUT2D eigenvalue weighted by molar-refractivity contribution is 9.10. The van der Waals surface area contributed by atoms with Crippen LogP contribution in [0.15, 0.2) is 16.6 Å². The Labute approximate surface area is 68.1 Å². The van der Waals surface area contributed by atoms with Crippen molar-refractivity contribution in [3.8, 4) is 0 Å². The Morgan fingerprint density at radius 2 is 2.67 bits per heavy atom. The molecule has 0 aromatic carbocycles. The van der Waals surface area contributed by atoms with Crippen LogP contribution in [0.3, 0.4) is 0 Å². The second-order valence-electron chi connectivity index (χ2n) is 1.32. The number of aryl methyl sites for hydroxylation is 1. The molecule has 1 nitrogen and oxygen atoms in total. The van der Waals surface area contributed by atoms with Gasteiger partial charge in [0.1, 0.15) is 0 Å². The molecule has 48 valence electrons. The molecule has 9 heavy (non-hydrogen) atoms. The van der Waals surface area contributed by atoms with Crippen LogP contribution in [-0.4, -0.2) is 4.98 Å². The van der Waals surface area contributed by atoms with Crippen molar-refractivity contribution in [2.24, 2.45) is 0 Å². The van der Waals surface area contributed by atoms with E-state index in [0.29, 0.717) is 0 Å². The van der Waals surface area contributed by atoms with Crippen molar-refractivity contribution in [2.75, 3.05) is 0 Å². The molecule has 0 radical (unpaired) electrons. The lowest BCUT2D eigenvalue weighted by Gasteiger charge is -1.91. The predicted octanol–water partition coefficient (Wildman–Crippen LogP) is 2.29. The lowest BCUT2D eigenvalue weighted by molar-refractivity contribution is 0.579. The van der Waals surface area contributed by atoms with E-state index in [1.807, 2.05) is 0 Å². The van der Waals surface area contributed by atoms with E-state index in [-0.39, 0.29) is 4.47 Å². The molecule has 0 spiro atoms. The molecule has 0 N–H and O–H groups in total. The zero-order valence-electron chi connectivity index (χ0n) is 9.20. The van der Waals surface area contributed by atoms with Crippen LogP contribution < -0.4 is 0 Å². The third kappa shape index (κ3) is 1.75. The molecule has 1 aromatic heterocycles. The van der Waals surface area contributed by atoms with Crippen molar-refractivity contribution in [1.29, 1.82) is 0 Å². The molecule has 1 aromatic rings. The Morgan fingerprint density at radius 3 is 3.33 bits per heavy atom. The minimum absolute atomic E-state index is 0.198. The zero-order chi connectivity index (χ0) is 11.1. The standard InChI is InChI=1S/C6H5BrFN/c1-4-2-5(7)3-6(8)9-4/h2-3H,1H3/i1D3,2D,3D. The summed E-state index contributed by atoms with van der Waals surface area (Å²) in [6.45, 7) is -2.64. The van der Waals surface area contributed by atoms with Gasteiger partial charge in [-0.3, -0.25) is 0 Å². The first-order valence-corrected chi connectivity index (χ1v) is 2.87. The fourth-order valence-corrected chi connectivity index (χ4v) is 0.731. The number of pyridine rings is 1. The lowest BCUT2D eigenvalue weighted by Crippen LogP contribution is -1.84. The van der Waals surface area contributed by atoms with Gasteiger partial charge < -0.3 is 0 Å². The van der Waals surface area contributed by atoms with Gasteiger partial charge in [-0.25, -0.2) is 4.98 Å². The molecule has 0 saturated carbocycles. The Bertz CT molecular complexity index is 377. The maximum absolute atomic E-state index is 12.9. The van der Waals surface area contributed by atoms with E-state index in [0.717, 1.165) is 0 Å². The zero-order valence-corrected chi connectivity index (χ0v) is 5.79. The van der Waals surface area contributed by atoms with Gasteiger partial charge in [-0.05, 0) is 12.9 Å². The molecular weight excluding hydrogens is 185 g/mol. The topological polar surface area (TPSA) is 12.9 Å². The highest BCUT2D eigenvalue weighted by Gasteiger charge is 1.93. The summed E-state index contributed by atoms with van der Waals surface area (Å²) in [7, 11) is 0. The first-order chi connectivity index (χ1) is 6.25. The maximum atomic E-state index is 12.9. The summed E-state index contributed by atoms with van der Waals surface area (Å²) < 4.78 is 48.1. The monoisotopic (exact) mass is 194 g/mol. The second kappa shape index (κ2) is 2.43. The Morgan fingerprint density at radius 1 is 1.89 bits per heavy atom. The third-order valence-electron chi connectivity index (χ3n) is 0.651. The highest BCUT2D eigenvalue weighted by Crippen LogP contribution is 2.10. The van der Waals surface area contributed by atoms with Crippen LogP contribution in [0.1, 0.15) is 12.5 Å². The Hall–Kier alpha value is -0.440. The average molecular weight is 195 g/mol. The largest absolute Gasteiger partial charge is 0.225 e. The molecule has 0 aliphatic rings. The van der Waals surface area contributed by atoms with Crippen LogP contribution >= 0.6 is 15.9 Å². The molecule has 0 amide bonds. The molecule has 0 bridgehead atoms. The van der Waals surface area contributed by atoms with Crippen molar-refractivity contribution >= 4 is 15.9 Å². The van der Waals surface area contributed by atoms with Gasteiger partial charge in [0, 0.05) is 20.3 Å². The van der Waals surface area contributed by atoms with E-state index in [9.17, 15) is 4.39 Å². The van der Waals surface area contributed by atoms with Gasteiger partial charge in [0.05, 0.1) is 2.74 Å². The number of hydrogen-bond acceptors (Lipinski definition) is 1. The first-order valence-electron chi connectivity index (χ1n) is 4.58. The quantitative estimate of drug-likeness (QED) is 0.578. The molecule has 0 aliphatic heterocycles. The van der Waals surface area contributed by atoms with E-state index >= 15 is 0 Å². The predicted molar refractivity (Wildman–Crippen MR) is 36.6 cm³/mol. The summed E-state index contributed by atoms with van der Waals surface area (Å²) in [6.07, 6.45) is 0. The fraction of sp³-hybridized carbons (Fsp3) is 0.167. The molecule has 1 rings (SSSR count). The molecule has 0 unspecified atom stereocenters. The van der Waals surface area contributed by atoms with Gasteiger partial charge in [0.15, 0.2) is 0 Å². The van der Waals surface area contributed by atoms with Crippen LogP contribution in [0, 0.1) is 12.8 Å². The molecule has 0 saturated heterocycles. The van der Waals surface area contributed by atoms with Gasteiger partial charge >= 0.3 is 0 Å². The fourth-order valence-electron chi connectivity index (χ4n) is 0.380. The Kier molecular flexibility index (Phi) is 0.720. The summed E-state index contributed by atoms with van der Waals surface area (Å²) >= 11 is 2.77. The van der Waals surface area contributed by atoms with Crippen LogP contribution in [0.25, 0.3) is 0 Å². The second-order valence-corrected chi connectivity index (χ2v) is 2.11. The minimum atomic E-state index is -2.64. The van der Waals surface area contributed by atoms with Crippen molar-refractivity contribution < 1.29 is 11.2 Å². The first kappa shape index (κ1) is 2.66. The van der Waals surface area contributed by atoms with Gasteiger partial charge in [-0.1, -0.05) is 15.9 Å². The van der Waals surface area contributed by atoms with Crippen molar-refractivity contribution in [2.45, 2.75) is 6.85 Å². The summed E-state index contributed by atoms with van der Waals surface area (Å²) in [5, 5.41) is 0. The van der Waals surface area contributed by atoms with Gasteiger partial charge in [0.2, 0.25) is 5.95 Å². The summed E-state index contributed by atoms with van der Waals surface area (Å²) in [5.41, 5.74) is -0.641. The Balaban J connectivity index is 3.49. The van der Waals surface area contributed by atoms with E-state index in [1.54, 1.807) is 0 Å². The number of rotatable bonds is 0. The van der Waals surface area contributed by atoms with Gasteiger partial charge in [0.25, 0.3) is 0 Å². The van der Waals surface area contributed by atoms with Crippen molar-refractivity contribution in [1.82, 2.24) is 4.98 Å². The minimum Gasteiger partial charge on any atom is -0.225 e. The van der Waals surface area contributed by atoms with Crippen LogP contribution in [0.5, 0.6) is 0 Å². The molecular formula is C6H5BrFN. The van der Waals surface area contributed by atoms with Crippen LogP contribution in [0.4, 0.5) is 4.39 Å². The number of nitrogens with zero attached hydrogens (tertiary/aromatic N) is 1.